The Kier molecular flexibility index (Phi) is 2.14. The Labute approximate surface area is 83.2 Å². The van der Waals surface area contributed by atoms with Gasteiger partial charge in [0.05, 0.1) is 5.69 Å². The molecule has 3 nitrogen and oxygen atoms in total. The van der Waals surface area contributed by atoms with Crippen molar-refractivity contribution in [3.05, 3.63) is 42.7 Å². The summed E-state index contributed by atoms with van der Waals surface area (Å²) in [7, 11) is 2.01. The van der Waals surface area contributed by atoms with Gasteiger partial charge in [0.25, 0.3) is 0 Å². The Morgan fingerprint density at radius 2 is 2.07 bits per heavy atom. The molecule has 14 heavy (non-hydrogen) atoms. The Morgan fingerprint density at radius 3 is 2.71 bits per heavy atom. The van der Waals surface area contributed by atoms with Crippen molar-refractivity contribution in [2.45, 2.75) is 0 Å². The van der Waals surface area contributed by atoms with E-state index in [1.807, 2.05) is 49.8 Å². The molecular weight excluding hydrogens is 174 g/mol. The fraction of sp³-hybridized carbons (Fsp3) is 0.0909. The van der Waals surface area contributed by atoms with Crippen molar-refractivity contribution in [2.24, 2.45) is 0 Å². The van der Waals surface area contributed by atoms with Crippen molar-refractivity contribution in [2.75, 3.05) is 17.7 Å². The predicted molar refractivity (Wildman–Crippen MR) is 59.7 cm³/mol. The van der Waals surface area contributed by atoms with Crippen LogP contribution < -0.4 is 10.6 Å². The number of nitrogens with zero attached hydrogens (tertiary/aromatic N) is 1. The third-order valence-electron chi connectivity index (χ3n) is 2.23. The third-order valence-corrected chi connectivity index (χ3v) is 2.23. The maximum Gasteiger partial charge on any atom is 0.0585 e. The number of H-pyrrole nitrogens is 1. The fourth-order valence-electron chi connectivity index (χ4n) is 1.41. The molecule has 0 unspecified atom stereocenters. The summed E-state index contributed by atoms with van der Waals surface area (Å²) in [4.78, 5) is 5.10. The summed E-state index contributed by atoms with van der Waals surface area (Å²) in [6, 6.07) is 9.84. The van der Waals surface area contributed by atoms with E-state index in [1.165, 1.54) is 0 Å². The van der Waals surface area contributed by atoms with E-state index in [-0.39, 0.29) is 0 Å². The van der Waals surface area contributed by atoms with Gasteiger partial charge in [0.2, 0.25) is 0 Å². The van der Waals surface area contributed by atoms with Crippen LogP contribution in [0, 0.1) is 0 Å². The maximum atomic E-state index is 5.72. The topological polar surface area (TPSA) is 45.0 Å². The lowest BCUT2D eigenvalue weighted by Gasteiger charge is -2.17. The van der Waals surface area contributed by atoms with Crippen molar-refractivity contribution in [3.63, 3.8) is 0 Å². The summed E-state index contributed by atoms with van der Waals surface area (Å²) in [6.45, 7) is 0. The number of nitrogen functional groups attached to an aromatic ring is 1. The number of hydrogen-bond donors (Lipinski definition) is 2. The SMILES string of the molecule is CN(c1cc[nH]c1)c1cccc(N)c1. The van der Waals surface area contributed by atoms with Crippen LogP contribution in [0.3, 0.4) is 0 Å². The first-order chi connectivity index (χ1) is 6.77. The van der Waals surface area contributed by atoms with Crippen LogP contribution in [0.4, 0.5) is 17.1 Å². The molecule has 0 atom stereocenters. The normalized spacial score (nSPS) is 10.1. The molecule has 0 fully saturated rings. The van der Waals surface area contributed by atoms with E-state index in [9.17, 15) is 0 Å². The first-order valence-electron chi connectivity index (χ1n) is 4.49. The van der Waals surface area contributed by atoms with Gasteiger partial charge in [-0.2, -0.15) is 0 Å². The quantitative estimate of drug-likeness (QED) is 0.709. The van der Waals surface area contributed by atoms with Crippen molar-refractivity contribution < 1.29 is 0 Å². The zero-order valence-electron chi connectivity index (χ0n) is 8.07. The number of rotatable bonds is 2. The summed E-state index contributed by atoms with van der Waals surface area (Å²) < 4.78 is 0. The predicted octanol–water partition coefficient (Wildman–Crippen LogP) is 2.36. The van der Waals surface area contributed by atoms with E-state index in [4.69, 9.17) is 5.73 Å². The lowest BCUT2D eigenvalue weighted by Crippen LogP contribution is -2.08. The van der Waals surface area contributed by atoms with Crippen LogP contribution in [0.2, 0.25) is 0 Å². The number of nitrogens with one attached hydrogen (secondary N) is 1. The maximum absolute atomic E-state index is 5.72. The van der Waals surface area contributed by atoms with E-state index in [0.29, 0.717) is 0 Å². The smallest absolute Gasteiger partial charge is 0.0585 e. The molecule has 0 aliphatic carbocycles. The molecule has 1 aromatic heterocycles. The average molecular weight is 187 g/mol. The van der Waals surface area contributed by atoms with Crippen molar-refractivity contribution in [3.8, 4) is 0 Å². The highest BCUT2D eigenvalue weighted by Crippen LogP contribution is 2.23. The van der Waals surface area contributed by atoms with Gasteiger partial charge in [0.15, 0.2) is 0 Å². The van der Waals surface area contributed by atoms with Crippen LogP contribution >= 0.6 is 0 Å². The lowest BCUT2D eigenvalue weighted by atomic mass is 10.2. The van der Waals surface area contributed by atoms with Gasteiger partial charge in [-0.1, -0.05) is 6.07 Å². The lowest BCUT2D eigenvalue weighted by molar-refractivity contribution is 1.21. The standard InChI is InChI=1S/C11H13N3/c1-14(11-5-6-13-8-11)10-4-2-3-9(12)7-10/h2-8,13H,12H2,1H3. The zero-order chi connectivity index (χ0) is 9.97. The van der Waals surface area contributed by atoms with Crippen LogP contribution in [0.15, 0.2) is 42.7 Å². The Morgan fingerprint density at radius 1 is 1.21 bits per heavy atom. The van der Waals surface area contributed by atoms with Crippen LogP contribution in [0.1, 0.15) is 0 Å². The molecular formula is C11H13N3. The highest BCUT2D eigenvalue weighted by Gasteiger charge is 2.03. The Hall–Kier alpha value is -1.90. The number of hydrogen-bond acceptors (Lipinski definition) is 2. The summed E-state index contributed by atoms with van der Waals surface area (Å²) >= 11 is 0. The average Bonchev–Trinajstić information content (AvgIpc) is 2.69. The van der Waals surface area contributed by atoms with Gasteiger partial charge in [-0.15, -0.1) is 0 Å². The molecule has 0 aliphatic rings. The van der Waals surface area contributed by atoms with E-state index >= 15 is 0 Å². The number of anilines is 3. The van der Waals surface area contributed by atoms with Gasteiger partial charge in [0.1, 0.15) is 0 Å². The van der Waals surface area contributed by atoms with Crippen LogP contribution in [0.25, 0.3) is 0 Å². The molecule has 2 rings (SSSR count). The molecule has 2 aromatic rings. The Bertz CT molecular complexity index is 406. The van der Waals surface area contributed by atoms with E-state index in [1.54, 1.807) is 0 Å². The van der Waals surface area contributed by atoms with Gasteiger partial charge in [-0.25, -0.2) is 0 Å². The molecule has 72 valence electrons. The molecule has 0 amide bonds. The van der Waals surface area contributed by atoms with Crippen molar-refractivity contribution in [1.82, 2.24) is 4.98 Å². The summed E-state index contributed by atoms with van der Waals surface area (Å²) in [5.41, 5.74) is 8.71. The van der Waals surface area contributed by atoms with Crippen molar-refractivity contribution >= 4 is 17.1 Å². The van der Waals surface area contributed by atoms with E-state index in [2.05, 4.69) is 9.88 Å². The number of nitrogens with two attached hydrogens (primary N) is 1. The third kappa shape index (κ3) is 1.57. The summed E-state index contributed by atoms with van der Waals surface area (Å²) in [6.07, 6.45) is 3.85. The second-order valence-corrected chi connectivity index (χ2v) is 3.22. The van der Waals surface area contributed by atoms with Gasteiger partial charge < -0.3 is 15.6 Å². The molecule has 0 saturated carbocycles. The largest absolute Gasteiger partial charge is 0.399 e. The van der Waals surface area contributed by atoms with Crippen LogP contribution in [0.5, 0.6) is 0 Å². The minimum absolute atomic E-state index is 0.782. The highest BCUT2D eigenvalue weighted by molar-refractivity contribution is 5.65. The number of benzene rings is 1. The minimum Gasteiger partial charge on any atom is -0.399 e. The highest BCUT2D eigenvalue weighted by atomic mass is 15.1. The number of aromatic amines is 1. The molecule has 0 saturated heterocycles. The molecule has 0 spiro atoms. The molecule has 0 radical (unpaired) electrons. The molecule has 3 heteroatoms. The fourth-order valence-corrected chi connectivity index (χ4v) is 1.41. The molecule has 1 aromatic carbocycles. The van der Waals surface area contributed by atoms with E-state index < -0.39 is 0 Å². The second kappa shape index (κ2) is 3.46. The van der Waals surface area contributed by atoms with Gasteiger partial charge in [-0.05, 0) is 24.3 Å². The molecule has 0 aliphatic heterocycles. The summed E-state index contributed by atoms with van der Waals surface area (Å²) in [5, 5.41) is 0. The second-order valence-electron chi connectivity index (χ2n) is 3.22. The first-order valence-corrected chi connectivity index (χ1v) is 4.49. The Balaban J connectivity index is 2.32. The zero-order valence-corrected chi connectivity index (χ0v) is 8.07. The molecule has 0 bridgehead atoms. The molecule has 1 heterocycles. The van der Waals surface area contributed by atoms with Gasteiger partial charge in [-0.3, -0.25) is 0 Å². The number of aromatic nitrogens is 1. The minimum atomic E-state index is 0.782. The van der Waals surface area contributed by atoms with E-state index in [0.717, 1.165) is 17.1 Å². The van der Waals surface area contributed by atoms with Crippen molar-refractivity contribution in [1.29, 1.82) is 0 Å². The molecule has 3 N–H and O–H groups in total. The van der Waals surface area contributed by atoms with Crippen LogP contribution in [-0.2, 0) is 0 Å². The van der Waals surface area contributed by atoms with Gasteiger partial charge >= 0.3 is 0 Å². The monoisotopic (exact) mass is 187 g/mol. The first kappa shape index (κ1) is 8.69. The van der Waals surface area contributed by atoms with Crippen LogP contribution in [-0.4, -0.2) is 12.0 Å². The van der Waals surface area contributed by atoms with Gasteiger partial charge in [0, 0.05) is 30.8 Å². The summed E-state index contributed by atoms with van der Waals surface area (Å²) in [5.74, 6) is 0.